The number of nitrogens with zero attached hydrogens (tertiary/aromatic N) is 2. The van der Waals surface area contributed by atoms with Crippen molar-refractivity contribution < 1.29 is 18.7 Å². The van der Waals surface area contributed by atoms with Crippen molar-refractivity contribution >= 4 is 5.78 Å². The predicted molar refractivity (Wildman–Crippen MR) is 80.8 cm³/mol. The van der Waals surface area contributed by atoms with Crippen molar-refractivity contribution in [2.75, 3.05) is 6.61 Å². The Morgan fingerprint density at radius 3 is 2.50 bits per heavy atom. The van der Waals surface area contributed by atoms with Crippen LogP contribution in [0.15, 0.2) is 12.4 Å². The summed E-state index contributed by atoms with van der Waals surface area (Å²) in [5, 5.41) is 13.3. The molecular weight excluding hydrogens is 290 g/mol. The molecule has 0 saturated heterocycles. The summed E-state index contributed by atoms with van der Waals surface area (Å²) < 4.78 is 27.9. The van der Waals surface area contributed by atoms with Gasteiger partial charge in [-0.25, -0.2) is 8.78 Å². The smallest absolute Gasteiger partial charge is 0.250 e. The third-order valence-electron chi connectivity index (χ3n) is 4.29. The van der Waals surface area contributed by atoms with Gasteiger partial charge in [-0.1, -0.05) is 6.92 Å². The fraction of sp³-hybridized carbons (Fsp3) is 0.750. The van der Waals surface area contributed by atoms with Gasteiger partial charge < -0.3 is 5.11 Å². The molecule has 0 radical (unpaired) electrons. The lowest BCUT2D eigenvalue weighted by Crippen LogP contribution is -2.37. The number of Topliss-reactive ketones (excluding diaryl/α,β-unsaturated/α-hetero) is 1. The molecule has 0 spiro atoms. The molecule has 4 nitrogen and oxygen atoms in total. The second-order valence-corrected chi connectivity index (χ2v) is 6.38. The Kier molecular flexibility index (Phi) is 6.66. The summed E-state index contributed by atoms with van der Waals surface area (Å²) in [5.41, 5.74) is -0.711. The lowest BCUT2D eigenvalue weighted by Gasteiger charge is -2.29. The molecule has 1 heterocycles. The number of hydrogen-bond acceptors (Lipinski definition) is 3. The van der Waals surface area contributed by atoms with Crippen LogP contribution in [0.5, 0.6) is 0 Å². The summed E-state index contributed by atoms with van der Waals surface area (Å²) >= 11 is 0. The van der Waals surface area contributed by atoms with E-state index in [9.17, 15) is 18.7 Å². The summed E-state index contributed by atoms with van der Waals surface area (Å²) in [6.45, 7) is 4.42. The van der Waals surface area contributed by atoms with Crippen molar-refractivity contribution in [1.82, 2.24) is 9.78 Å². The molecule has 1 unspecified atom stereocenters. The minimum atomic E-state index is -2.68. The number of alkyl halides is 2. The van der Waals surface area contributed by atoms with Crippen LogP contribution in [0, 0.1) is 11.3 Å². The Morgan fingerprint density at radius 1 is 1.45 bits per heavy atom. The standard InChI is InChI=1S/C16H26F2N2O2/c1-5-11(14(22)16(2,3)15(17)18)8-12(6-7-21)13-9-19-20(4)10-13/h9-12,15,21H,5-8H2,1-4H3/t11?,12-/m1/s1. The first-order valence-corrected chi connectivity index (χ1v) is 7.65. The van der Waals surface area contributed by atoms with Gasteiger partial charge in [0, 0.05) is 25.8 Å². The van der Waals surface area contributed by atoms with Gasteiger partial charge >= 0.3 is 0 Å². The molecule has 1 N–H and O–H groups in total. The summed E-state index contributed by atoms with van der Waals surface area (Å²) in [4.78, 5) is 12.5. The summed E-state index contributed by atoms with van der Waals surface area (Å²) in [5.74, 6) is -0.904. The van der Waals surface area contributed by atoms with Crippen molar-refractivity contribution in [3.8, 4) is 0 Å². The minimum Gasteiger partial charge on any atom is -0.396 e. The quantitative estimate of drug-likeness (QED) is 0.761. The van der Waals surface area contributed by atoms with Crippen LogP contribution in [0.4, 0.5) is 8.78 Å². The number of carbonyl (C=O) groups is 1. The number of aliphatic hydroxyl groups is 1. The van der Waals surface area contributed by atoms with E-state index in [-0.39, 0.29) is 12.5 Å². The highest BCUT2D eigenvalue weighted by molar-refractivity contribution is 5.86. The average molecular weight is 316 g/mol. The second-order valence-electron chi connectivity index (χ2n) is 6.38. The van der Waals surface area contributed by atoms with E-state index in [2.05, 4.69) is 5.10 Å². The third-order valence-corrected chi connectivity index (χ3v) is 4.29. The SMILES string of the molecule is CCC(C[C@@H](CCO)c1cnn(C)c1)C(=O)C(C)(C)C(F)F. The maximum Gasteiger partial charge on any atom is 0.250 e. The van der Waals surface area contributed by atoms with Crippen molar-refractivity contribution in [2.45, 2.75) is 52.4 Å². The maximum atomic E-state index is 13.1. The molecule has 0 fully saturated rings. The van der Waals surface area contributed by atoms with Crippen molar-refractivity contribution in [2.24, 2.45) is 18.4 Å². The molecule has 6 heteroatoms. The van der Waals surface area contributed by atoms with Gasteiger partial charge in [-0.05, 0) is 44.6 Å². The van der Waals surface area contributed by atoms with Crippen molar-refractivity contribution in [3.05, 3.63) is 18.0 Å². The fourth-order valence-electron chi connectivity index (χ4n) is 2.66. The topological polar surface area (TPSA) is 55.1 Å². The third kappa shape index (κ3) is 4.35. The van der Waals surface area contributed by atoms with E-state index in [1.807, 2.05) is 13.1 Å². The van der Waals surface area contributed by atoms with E-state index >= 15 is 0 Å². The first-order valence-electron chi connectivity index (χ1n) is 7.65. The number of ketones is 1. The number of aromatic nitrogens is 2. The Morgan fingerprint density at radius 2 is 2.09 bits per heavy atom. The molecule has 0 saturated carbocycles. The largest absolute Gasteiger partial charge is 0.396 e. The number of hydrogen-bond donors (Lipinski definition) is 1. The van der Waals surface area contributed by atoms with Gasteiger partial charge in [0.05, 0.1) is 11.6 Å². The monoisotopic (exact) mass is 316 g/mol. The predicted octanol–water partition coefficient (Wildman–Crippen LogP) is 3.16. The maximum absolute atomic E-state index is 13.1. The molecule has 0 aromatic carbocycles. The lowest BCUT2D eigenvalue weighted by molar-refractivity contribution is -0.140. The first-order chi connectivity index (χ1) is 10.2. The van der Waals surface area contributed by atoms with Crippen LogP contribution in [0.3, 0.4) is 0 Å². The zero-order chi connectivity index (χ0) is 16.9. The van der Waals surface area contributed by atoms with Crippen LogP contribution in [-0.4, -0.2) is 33.7 Å². The van der Waals surface area contributed by atoms with Gasteiger partial charge in [0.2, 0.25) is 0 Å². The zero-order valence-corrected chi connectivity index (χ0v) is 13.7. The number of aryl methyl sites for hydroxylation is 1. The zero-order valence-electron chi connectivity index (χ0n) is 13.7. The van der Waals surface area contributed by atoms with Crippen LogP contribution < -0.4 is 0 Å². The van der Waals surface area contributed by atoms with Crippen LogP contribution in [0.25, 0.3) is 0 Å². The van der Waals surface area contributed by atoms with E-state index < -0.39 is 23.5 Å². The van der Waals surface area contributed by atoms with Crippen molar-refractivity contribution in [3.63, 3.8) is 0 Å². The van der Waals surface area contributed by atoms with Gasteiger partial charge in [0.15, 0.2) is 0 Å². The van der Waals surface area contributed by atoms with Crippen LogP contribution >= 0.6 is 0 Å². The Balaban J connectivity index is 2.92. The second kappa shape index (κ2) is 7.81. The molecular formula is C16H26F2N2O2. The Labute approximate surface area is 130 Å². The Bertz CT molecular complexity index is 486. The molecule has 0 bridgehead atoms. The molecule has 2 atom stereocenters. The molecule has 126 valence electrons. The van der Waals surface area contributed by atoms with E-state index in [0.717, 1.165) is 5.56 Å². The van der Waals surface area contributed by atoms with E-state index in [1.54, 1.807) is 17.9 Å². The number of halogens is 2. The van der Waals surface area contributed by atoms with Gasteiger partial charge in [0.1, 0.15) is 5.78 Å². The van der Waals surface area contributed by atoms with Gasteiger partial charge in [-0.3, -0.25) is 9.48 Å². The molecule has 0 aliphatic heterocycles. The fourth-order valence-corrected chi connectivity index (χ4v) is 2.66. The Hall–Kier alpha value is -1.30. The molecule has 22 heavy (non-hydrogen) atoms. The molecule has 0 amide bonds. The minimum absolute atomic E-state index is 0.0115. The lowest BCUT2D eigenvalue weighted by atomic mass is 9.75. The first kappa shape index (κ1) is 18.7. The van der Waals surface area contributed by atoms with E-state index in [0.29, 0.717) is 19.3 Å². The van der Waals surface area contributed by atoms with Crippen molar-refractivity contribution in [1.29, 1.82) is 0 Å². The highest BCUT2D eigenvalue weighted by atomic mass is 19.3. The molecule has 1 rings (SSSR count). The van der Waals surface area contributed by atoms with E-state index in [1.165, 1.54) is 13.8 Å². The number of aliphatic hydroxyl groups excluding tert-OH is 1. The van der Waals surface area contributed by atoms with Gasteiger partial charge in [0.25, 0.3) is 6.43 Å². The summed E-state index contributed by atoms with van der Waals surface area (Å²) in [7, 11) is 1.79. The number of rotatable bonds is 9. The van der Waals surface area contributed by atoms with E-state index in [4.69, 9.17) is 0 Å². The molecule has 0 aliphatic rings. The normalized spacial score (nSPS) is 15.1. The summed E-state index contributed by atoms with van der Waals surface area (Å²) in [6.07, 6.45) is 2.33. The molecule has 1 aromatic heterocycles. The van der Waals surface area contributed by atoms with Crippen LogP contribution in [-0.2, 0) is 11.8 Å². The summed E-state index contributed by atoms with van der Waals surface area (Å²) in [6, 6.07) is 0. The number of carbonyl (C=O) groups excluding carboxylic acids is 1. The highest BCUT2D eigenvalue weighted by Gasteiger charge is 2.41. The molecule has 1 aromatic rings. The highest BCUT2D eigenvalue weighted by Crippen LogP contribution is 2.35. The van der Waals surface area contributed by atoms with Crippen LogP contribution in [0.2, 0.25) is 0 Å². The van der Waals surface area contributed by atoms with Crippen LogP contribution in [0.1, 0.15) is 51.5 Å². The average Bonchev–Trinajstić information content (AvgIpc) is 2.89. The van der Waals surface area contributed by atoms with Gasteiger partial charge in [-0.15, -0.1) is 0 Å². The molecule has 0 aliphatic carbocycles. The van der Waals surface area contributed by atoms with Gasteiger partial charge in [-0.2, -0.15) is 5.10 Å².